The first-order chi connectivity index (χ1) is 22.4. The molecule has 46 heavy (non-hydrogen) atoms. The van der Waals surface area contributed by atoms with Crippen molar-refractivity contribution in [2.45, 2.75) is 148 Å². The number of carbonyl (C=O) groups excluding carboxylic acids is 1. The lowest BCUT2D eigenvalue weighted by Gasteiger charge is -2.25. The molecule has 0 aromatic heterocycles. The second kappa shape index (κ2) is 33.1. The fourth-order valence-corrected chi connectivity index (χ4v) is 5.46. The Morgan fingerprint density at radius 1 is 0.739 bits per heavy atom. The van der Waals surface area contributed by atoms with Crippen molar-refractivity contribution in [3.8, 4) is 0 Å². The summed E-state index contributed by atoms with van der Waals surface area (Å²) in [5.74, 6) is -0.223. The predicted octanol–water partition coefficient (Wildman–Crippen LogP) is 9.16. The average molecular weight is 667 g/mol. The molecule has 8 nitrogen and oxygen atoms in total. The van der Waals surface area contributed by atoms with Crippen molar-refractivity contribution >= 4 is 13.7 Å². The van der Waals surface area contributed by atoms with Crippen LogP contribution < -0.4 is 11.1 Å². The summed E-state index contributed by atoms with van der Waals surface area (Å²) in [5.41, 5.74) is 5.34. The number of allylic oxidation sites excluding steroid dienone is 10. The fourth-order valence-electron chi connectivity index (χ4n) is 4.70. The maximum atomic E-state index is 12.7. The van der Waals surface area contributed by atoms with Gasteiger partial charge in [0, 0.05) is 13.0 Å². The van der Waals surface area contributed by atoms with Crippen LogP contribution in [0.25, 0.3) is 0 Å². The number of nitrogens with one attached hydrogen (secondary N) is 1. The van der Waals surface area contributed by atoms with Crippen molar-refractivity contribution in [3.63, 3.8) is 0 Å². The first-order valence-electron chi connectivity index (χ1n) is 17.9. The number of hydrogen-bond acceptors (Lipinski definition) is 6. The molecular weight excluding hydrogens is 599 g/mol. The molecule has 0 fully saturated rings. The van der Waals surface area contributed by atoms with Crippen LogP contribution in [0.1, 0.15) is 136 Å². The molecular formula is C37H67N2O6P. The molecule has 1 amide bonds. The largest absolute Gasteiger partial charge is 0.472 e. The third kappa shape index (κ3) is 30.8. The number of aliphatic hydroxyl groups is 1. The molecule has 266 valence electrons. The van der Waals surface area contributed by atoms with Gasteiger partial charge in [-0.25, -0.2) is 4.57 Å². The highest BCUT2D eigenvalue weighted by Crippen LogP contribution is 2.43. The number of amides is 1. The van der Waals surface area contributed by atoms with E-state index in [1.165, 1.54) is 44.9 Å². The van der Waals surface area contributed by atoms with E-state index in [1.807, 2.05) is 0 Å². The monoisotopic (exact) mass is 666 g/mol. The number of rotatable bonds is 32. The zero-order valence-electron chi connectivity index (χ0n) is 29.0. The second-order valence-electron chi connectivity index (χ2n) is 11.7. The summed E-state index contributed by atoms with van der Waals surface area (Å²) in [6.07, 6.45) is 39.5. The van der Waals surface area contributed by atoms with Gasteiger partial charge in [0.25, 0.3) is 0 Å². The van der Waals surface area contributed by atoms with Crippen molar-refractivity contribution in [3.05, 3.63) is 60.8 Å². The quantitative estimate of drug-likeness (QED) is 0.0320. The first kappa shape index (κ1) is 44.2. The highest BCUT2D eigenvalue weighted by atomic mass is 31.2. The van der Waals surface area contributed by atoms with Crippen molar-refractivity contribution < 1.29 is 28.4 Å². The van der Waals surface area contributed by atoms with Crippen molar-refractivity contribution in [1.82, 2.24) is 5.32 Å². The SMILES string of the molecule is CC/C=C\C/C=C\C/C=C\C/C=C\C/C=C\CCCC(=O)NC(COP(=O)(O)OCCN)C(O)CCCCCCCCCCCC. The maximum absolute atomic E-state index is 12.7. The molecule has 9 heteroatoms. The lowest BCUT2D eigenvalue weighted by molar-refractivity contribution is -0.123. The van der Waals surface area contributed by atoms with Crippen LogP contribution >= 0.6 is 7.82 Å². The van der Waals surface area contributed by atoms with Gasteiger partial charge in [0.05, 0.1) is 25.4 Å². The standard InChI is InChI=1S/C37H67N2O6P/c1-3-5-7-9-11-13-15-16-17-18-19-20-21-23-25-27-29-31-37(41)39-35(34-45-46(42,43)44-33-32-38)36(40)30-28-26-24-22-14-12-10-8-6-4-2/h5,7,11,13,16-17,19-20,23,25,35-36,40H,3-4,6,8-10,12,14-15,18,21-22,24,26-34,38H2,1-2H3,(H,39,41)(H,42,43)/b7-5-,13-11-,17-16-,20-19-,25-23-. The maximum Gasteiger partial charge on any atom is 0.472 e. The van der Waals surface area contributed by atoms with Crippen LogP contribution in [0.3, 0.4) is 0 Å². The Kier molecular flexibility index (Phi) is 31.8. The van der Waals surface area contributed by atoms with Gasteiger partial charge < -0.3 is 21.1 Å². The zero-order valence-corrected chi connectivity index (χ0v) is 29.9. The Morgan fingerprint density at radius 2 is 1.24 bits per heavy atom. The zero-order chi connectivity index (χ0) is 34.0. The predicted molar refractivity (Wildman–Crippen MR) is 193 cm³/mol. The van der Waals surface area contributed by atoms with Crippen LogP contribution in [0, 0.1) is 0 Å². The second-order valence-corrected chi connectivity index (χ2v) is 13.2. The Morgan fingerprint density at radius 3 is 1.76 bits per heavy atom. The topological polar surface area (TPSA) is 131 Å². The third-order valence-electron chi connectivity index (χ3n) is 7.39. The Balaban J connectivity index is 4.40. The molecule has 0 rings (SSSR count). The van der Waals surface area contributed by atoms with Crippen molar-refractivity contribution in [2.75, 3.05) is 19.8 Å². The van der Waals surface area contributed by atoms with Gasteiger partial charge in [-0.05, 0) is 51.4 Å². The number of nitrogens with two attached hydrogens (primary N) is 1. The van der Waals surface area contributed by atoms with Gasteiger partial charge in [0.2, 0.25) is 5.91 Å². The van der Waals surface area contributed by atoms with Gasteiger partial charge in [-0.1, -0.05) is 139 Å². The lowest BCUT2D eigenvalue weighted by Crippen LogP contribution is -2.46. The number of aliphatic hydroxyl groups excluding tert-OH is 1. The van der Waals surface area contributed by atoms with Gasteiger partial charge in [0.15, 0.2) is 0 Å². The molecule has 0 bridgehead atoms. The number of phosphoric acid groups is 1. The van der Waals surface area contributed by atoms with E-state index in [9.17, 15) is 19.4 Å². The van der Waals surface area contributed by atoms with Crippen LogP contribution in [-0.4, -0.2) is 47.8 Å². The van der Waals surface area contributed by atoms with Gasteiger partial charge in [0.1, 0.15) is 0 Å². The van der Waals surface area contributed by atoms with E-state index in [4.69, 9.17) is 14.8 Å². The van der Waals surface area contributed by atoms with E-state index in [2.05, 4.69) is 79.9 Å². The van der Waals surface area contributed by atoms with E-state index in [0.717, 1.165) is 57.8 Å². The highest BCUT2D eigenvalue weighted by Gasteiger charge is 2.27. The summed E-state index contributed by atoms with van der Waals surface area (Å²) >= 11 is 0. The summed E-state index contributed by atoms with van der Waals surface area (Å²) < 4.78 is 22.0. The molecule has 0 saturated carbocycles. The summed E-state index contributed by atoms with van der Waals surface area (Å²) in [4.78, 5) is 22.5. The normalized spacial score (nSPS) is 15.2. The molecule has 0 radical (unpaired) electrons. The number of phosphoric ester groups is 1. The first-order valence-corrected chi connectivity index (χ1v) is 19.4. The van der Waals surface area contributed by atoms with Crippen LogP contribution in [0.15, 0.2) is 60.8 Å². The third-order valence-corrected chi connectivity index (χ3v) is 8.37. The Labute approximate surface area is 281 Å². The molecule has 3 atom stereocenters. The summed E-state index contributed by atoms with van der Waals surface area (Å²) in [5, 5.41) is 13.6. The molecule has 0 aliphatic heterocycles. The minimum atomic E-state index is -4.32. The van der Waals surface area contributed by atoms with Gasteiger partial charge in [-0.3, -0.25) is 13.8 Å². The van der Waals surface area contributed by atoms with E-state index in [-0.39, 0.29) is 32.1 Å². The summed E-state index contributed by atoms with van der Waals surface area (Å²) in [6, 6.07) is -0.804. The molecule has 3 unspecified atom stereocenters. The fraction of sp³-hybridized carbons (Fsp3) is 0.703. The summed E-state index contributed by atoms with van der Waals surface area (Å²) in [7, 11) is -4.32. The molecule has 0 spiro atoms. The van der Waals surface area contributed by atoms with Crippen LogP contribution in [0.2, 0.25) is 0 Å². The van der Waals surface area contributed by atoms with E-state index < -0.39 is 20.0 Å². The molecule has 0 aliphatic carbocycles. The molecule has 0 aromatic carbocycles. The molecule has 5 N–H and O–H groups in total. The van der Waals surface area contributed by atoms with E-state index in [0.29, 0.717) is 12.8 Å². The minimum absolute atomic E-state index is 0.0767. The smallest absolute Gasteiger partial charge is 0.391 e. The Hall–Kier alpha value is -1.80. The molecule has 0 heterocycles. The average Bonchev–Trinajstić information content (AvgIpc) is 3.04. The van der Waals surface area contributed by atoms with Crippen molar-refractivity contribution in [1.29, 1.82) is 0 Å². The molecule has 0 aromatic rings. The highest BCUT2D eigenvalue weighted by molar-refractivity contribution is 7.47. The number of unbranched alkanes of at least 4 members (excludes halogenated alkanes) is 10. The summed E-state index contributed by atoms with van der Waals surface area (Å²) in [6.45, 7) is 4.00. The number of carbonyl (C=O) groups is 1. The van der Waals surface area contributed by atoms with Gasteiger partial charge in [-0.15, -0.1) is 0 Å². The molecule has 0 aliphatic rings. The molecule has 0 saturated heterocycles. The van der Waals surface area contributed by atoms with Crippen LogP contribution in [0.5, 0.6) is 0 Å². The number of hydrogen-bond donors (Lipinski definition) is 4. The lowest BCUT2D eigenvalue weighted by atomic mass is 10.0. The van der Waals surface area contributed by atoms with E-state index >= 15 is 0 Å². The minimum Gasteiger partial charge on any atom is -0.391 e. The van der Waals surface area contributed by atoms with Crippen LogP contribution in [0.4, 0.5) is 0 Å². The van der Waals surface area contributed by atoms with Gasteiger partial charge >= 0.3 is 7.82 Å². The van der Waals surface area contributed by atoms with Gasteiger partial charge in [-0.2, -0.15) is 0 Å². The Bertz CT molecular complexity index is 902. The van der Waals surface area contributed by atoms with Crippen LogP contribution in [-0.2, 0) is 18.4 Å². The van der Waals surface area contributed by atoms with E-state index in [1.54, 1.807) is 0 Å². The van der Waals surface area contributed by atoms with Crippen molar-refractivity contribution in [2.24, 2.45) is 5.73 Å².